The number of anilines is 1. The largest absolute Gasteiger partial charge is 0.376 e. The van der Waals surface area contributed by atoms with Gasteiger partial charge in [-0.15, -0.1) is 0 Å². The molecular formula is C16H27N3O. The molecule has 1 aromatic rings. The Morgan fingerprint density at radius 3 is 2.85 bits per heavy atom. The molecule has 1 aliphatic heterocycles. The fourth-order valence-corrected chi connectivity index (χ4v) is 2.76. The Kier molecular flexibility index (Phi) is 5.00. The van der Waals surface area contributed by atoms with Crippen molar-refractivity contribution in [3.8, 4) is 0 Å². The molecule has 2 rings (SSSR count). The lowest BCUT2D eigenvalue weighted by molar-refractivity contribution is 0.118. The fourth-order valence-electron chi connectivity index (χ4n) is 2.76. The number of ether oxygens (including phenoxy) is 1. The van der Waals surface area contributed by atoms with Gasteiger partial charge in [-0.3, -0.25) is 4.98 Å². The molecule has 2 atom stereocenters. The Hall–Kier alpha value is -1.13. The smallest absolute Gasteiger partial charge is 0.0750 e. The molecule has 1 saturated heterocycles. The summed E-state index contributed by atoms with van der Waals surface area (Å²) in [7, 11) is 2.17. The number of pyridine rings is 1. The van der Waals surface area contributed by atoms with E-state index in [1.807, 2.05) is 13.1 Å². The molecule has 1 aromatic heterocycles. The predicted molar refractivity (Wildman–Crippen MR) is 83.2 cm³/mol. The molecule has 1 N–H and O–H groups in total. The second-order valence-electron chi connectivity index (χ2n) is 6.03. The van der Waals surface area contributed by atoms with Gasteiger partial charge in [-0.2, -0.15) is 0 Å². The molecule has 2 unspecified atom stereocenters. The van der Waals surface area contributed by atoms with Crippen LogP contribution < -0.4 is 10.2 Å². The molecule has 20 heavy (non-hydrogen) atoms. The second kappa shape index (κ2) is 6.55. The highest BCUT2D eigenvalue weighted by Gasteiger charge is 2.29. The maximum Gasteiger partial charge on any atom is 0.0750 e. The van der Waals surface area contributed by atoms with Crippen LogP contribution in [0.3, 0.4) is 0 Å². The van der Waals surface area contributed by atoms with Crippen LogP contribution >= 0.6 is 0 Å². The monoisotopic (exact) mass is 277 g/mol. The van der Waals surface area contributed by atoms with E-state index in [9.17, 15) is 0 Å². The molecule has 0 amide bonds. The SMILES string of the molecule is Cc1cc(N(C)C2CCOC2C)c(CNC(C)C)cn1. The summed E-state index contributed by atoms with van der Waals surface area (Å²) in [5.41, 5.74) is 3.59. The van der Waals surface area contributed by atoms with Crippen LogP contribution in [0.15, 0.2) is 12.3 Å². The van der Waals surface area contributed by atoms with Crippen molar-refractivity contribution in [2.75, 3.05) is 18.6 Å². The van der Waals surface area contributed by atoms with Gasteiger partial charge in [-0.05, 0) is 26.3 Å². The number of aromatic nitrogens is 1. The Labute approximate surface area is 122 Å². The van der Waals surface area contributed by atoms with E-state index in [1.165, 1.54) is 11.3 Å². The van der Waals surface area contributed by atoms with Crippen molar-refractivity contribution in [2.45, 2.75) is 58.8 Å². The first-order valence-electron chi connectivity index (χ1n) is 7.52. The van der Waals surface area contributed by atoms with Crippen molar-refractivity contribution in [3.63, 3.8) is 0 Å². The van der Waals surface area contributed by atoms with Crippen LogP contribution in [0, 0.1) is 6.92 Å². The zero-order valence-electron chi connectivity index (χ0n) is 13.3. The Balaban J connectivity index is 2.21. The fraction of sp³-hybridized carbons (Fsp3) is 0.688. The van der Waals surface area contributed by atoms with Gasteiger partial charge in [0.15, 0.2) is 0 Å². The molecule has 4 nitrogen and oxygen atoms in total. The molecule has 1 fully saturated rings. The van der Waals surface area contributed by atoms with Crippen molar-refractivity contribution < 1.29 is 4.74 Å². The van der Waals surface area contributed by atoms with Gasteiger partial charge in [0.1, 0.15) is 0 Å². The van der Waals surface area contributed by atoms with Gasteiger partial charge in [0.2, 0.25) is 0 Å². The van der Waals surface area contributed by atoms with E-state index in [2.05, 4.69) is 49.1 Å². The molecule has 0 bridgehead atoms. The Morgan fingerprint density at radius 1 is 1.50 bits per heavy atom. The van der Waals surface area contributed by atoms with Crippen molar-refractivity contribution in [1.82, 2.24) is 10.3 Å². The molecule has 0 radical (unpaired) electrons. The standard InChI is InChI=1S/C16H27N3O/c1-11(2)17-9-14-10-18-12(3)8-16(14)19(5)15-6-7-20-13(15)4/h8,10-11,13,15,17H,6-7,9H2,1-5H3. The van der Waals surface area contributed by atoms with Gasteiger partial charge in [-0.25, -0.2) is 0 Å². The van der Waals surface area contributed by atoms with Crippen molar-refractivity contribution >= 4 is 5.69 Å². The summed E-state index contributed by atoms with van der Waals surface area (Å²) in [6, 6.07) is 3.11. The second-order valence-corrected chi connectivity index (χ2v) is 6.03. The third kappa shape index (κ3) is 3.49. The number of likely N-dealkylation sites (N-methyl/N-ethyl adjacent to an activating group) is 1. The molecule has 0 aromatic carbocycles. The van der Waals surface area contributed by atoms with Crippen LogP contribution in [0.5, 0.6) is 0 Å². The van der Waals surface area contributed by atoms with E-state index in [0.717, 1.165) is 25.3 Å². The molecular weight excluding hydrogens is 250 g/mol. The number of nitrogens with zero attached hydrogens (tertiary/aromatic N) is 2. The van der Waals surface area contributed by atoms with Crippen molar-refractivity contribution in [1.29, 1.82) is 0 Å². The average molecular weight is 277 g/mol. The number of rotatable bonds is 5. The number of nitrogens with one attached hydrogen (secondary N) is 1. The van der Waals surface area contributed by atoms with Gasteiger partial charge in [0.05, 0.1) is 12.1 Å². The van der Waals surface area contributed by atoms with Crippen LogP contribution in [-0.2, 0) is 11.3 Å². The summed E-state index contributed by atoms with van der Waals surface area (Å²) in [6.07, 6.45) is 3.38. The predicted octanol–water partition coefficient (Wildman–Crippen LogP) is 2.50. The maximum atomic E-state index is 5.70. The van der Waals surface area contributed by atoms with E-state index in [-0.39, 0.29) is 0 Å². The lowest BCUT2D eigenvalue weighted by atomic mass is 10.1. The normalized spacial score (nSPS) is 22.5. The summed E-state index contributed by atoms with van der Waals surface area (Å²) in [5, 5.41) is 3.48. The van der Waals surface area contributed by atoms with Gasteiger partial charge >= 0.3 is 0 Å². The zero-order valence-corrected chi connectivity index (χ0v) is 13.3. The minimum Gasteiger partial charge on any atom is -0.376 e. The van der Waals surface area contributed by atoms with E-state index >= 15 is 0 Å². The average Bonchev–Trinajstić information content (AvgIpc) is 2.82. The lowest BCUT2D eigenvalue weighted by Gasteiger charge is -2.31. The van der Waals surface area contributed by atoms with Crippen LogP contribution in [0.2, 0.25) is 0 Å². The first-order chi connectivity index (χ1) is 9.49. The van der Waals surface area contributed by atoms with E-state index < -0.39 is 0 Å². The Bertz CT molecular complexity index is 447. The summed E-state index contributed by atoms with van der Waals surface area (Å²) >= 11 is 0. The van der Waals surface area contributed by atoms with Gasteiger partial charge in [0.25, 0.3) is 0 Å². The maximum absolute atomic E-state index is 5.70. The molecule has 112 valence electrons. The third-order valence-electron chi connectivity index (χ3n) is 4.01. The minimum atomic E-state index is 0.291. The van der Waals surface area contributed by atoms with Crippen LogP contribution in [0.25, 0.3) is 0 Å². The van der Waals surface area contributed by atoms with Gasteiger partial charge in [-0.1, -0.05) is 13.8 Å². The molecule has 2 heterocycles. The number of hydrogen-bond donors (Lipinski definition) is 1. The number of aryl methyl sites for hydroxylation is 1. The molecule has 0 spiro atoms. The third-order valence-corrected chi connectivity index (χ3v) is 4.01. The summed E-state index contributed by atoms with van der Waals surface area (Å²) < 4.78 is 5.70. The molecule has 0 aliphatic carbocycles. The summed E-state index contributed by atoms with van der Waals surface area (Å²) in [4.78, 5) is 6.81. The van der Waals surface area contributed by atoms with Gasteiger partial charge in [0, 0.05) is 49.4 Å². The minimum absolute atomic E-state index is 0.291. The van der Waals surface area contributed by atoms with Crippen LogP contribution in [0.1, 0.15) is 38.4 Å². The quantitative estimate of drug-likeness (QED) is 0.897. The summed E-state index contributed by atoms with van der Waals surface area (Å²) in [5.74, 6) is 0. The molecule has 0 saturated carbocycles. The van der Waals surface area contributed by atoms with Crippen molar-refractivity contribution in [2.24, 2.45) is 0 Å². The first kappa shape index (κ1) is 15.3. The summed E-state index contributed by atoms with van der Waals surface area (Å²) in [6.45, 7) is 10.3. The molecule has 4 heteroatoms. The highest BCUT2D eigenvalue weighted by molar-refractivity contribution is 5.54. The topological polar surface area (TPSA) is 37.4 Å². The van der Waals surface area contributed by atoms with Crippen LogP contribution in [-0.4, -0.2) is 36.8 Å². The van der Waals surface area contributed by atoms with Crippen molar-refractivity contribution in [3.05, 3.63) is 23.5 Å². The highest BCUT2D eigenvalue weighted by atomic mass is 16.5. The zero-order chi connectivity index (χ0) is 14.7. The first-order valence-corrected chi connectivity index (χ1v) is 7.52. The lowest BCUT2D eigenvalue weighted by Crippen LogP contribution is -2.37. The van der Waals surface area contributed by atoms with Gasteiger partial charge < -0.3 is 15.0 Å². The molecule has 1 aliphatic rings. The van der Waals surface area contributed by atoms with E-state index in [0.29, 0.717) is 18.2 Å². The van der Waals surface area contributed by atoms with E-state index in [4.69, 9.17) is 4.74 Å². The Morgan fingerprint density at radius 2 is 2.25 bits per heavy atom. The number of hydrogen-bond acceptors (Lipinski definition) is 4. The highest BCUT2D eigenvalue weighted by Crippen LogP contribution is 2.27. The van der Waals surface area contributed by atoms with E-state index in [1.54, 1.807) is 0 Å². The van der Waals surface area contributed by atoms with Crippen LogP contribution in [0.4, 0.5) is 5.69 Å².